The predicted octanol–water partition coefficient (Wildman–Crippen LogP) is 1.16. The fourth-order valence-electron chi connectivity index (χ4n) is 2.86. The third-order valence-corrected chi connectivity index (χ3v) is 5.37. The van der Waals surface area contributed by atoms with Gasteiger partial charge in [-0.05, 0) is 17.9 Å². The molecule has 2 aromatic heterocycles. The van der Waals surface area contributed by atoms with Crippen molar-refractivity contribution in [2.75, 3.05) is 19.4 Å². The average molecular weight is 415 g/mol. The molecule has 0 spiro atoms. The van der Waals surface area contributed by atoms with E-state index in [1.807, 2.05) is 24.4 Å². The Bertz CT molecular complexity index is 1040. The molecule has 1 atom stereocenters. The number of amides is 3. The van der Waals surface area contributed by atoms with E-state index in [-0.39, 0.29) is 28.7 Å². The minimum Gasteiger partial charge on any atom is -0.371 e. The molecule has 0 unspecified atom stereocenters. The van der Waals surface area contributed by atoms with Crippen molar-refractivity contribution in [3.63, 3.8) is 0 Å². The molecule has 2 aromatic rings. The second kappa shape index (κ2) is 8.31. The van der Waals surface area contributed by atoms with Crippen molar-refractivity contribution in [1.82, 2.24) is 20.5 Å². The highest BCUT2D eigenvalue weighted by atomic mass is 32.1. The number of H-pyrrole nitrogens is 1. The number of nitrogens with one attached hydrogen (secondary N) is 4. The summed E-state index contributed by atoms with van der Waals surface area (Å²) in [5.41, 5.74) is -0.679. The van der Waals surface area contributed by atoms with Crippen LogP contribution in [-0.4, -0.2) is 41.7 Å². The summed E-state index contributed by atoms with van der Waals surface area (Å²) in [7, 11) is 3.07. The molecule has 0 saturated heterocycles. The lowest BCUT2D eigenvalue weighted by atomic mass is 10.1. The lowest BCUT2D eigenvalue weighted by Gasteiger charge is -2.17. The smallest absolute Gasteiger partial charge is 0.276 e. The molecule has 3 heterocycles. The van der Waals surface area contributed by atoms with Gasteiger partial charge >= 0.3 is 0 Å². The first-order valence-electron chi connectivity index (χ1n) is 8.93. The molecule has 1 aliphatic rings. The van der Waals surface area contributed by atoms with Crippen molar-refractivity contribution in [3.8, 4) is 0 Å². The van der Waals surface area contributed by atoms with Crippen LogP contribution < -0.4 is 21.4 Å². The maximum atomic E-state index is 12.7. The van der Waals surface area contributed by atoms with Gasteiger partial charge < -0.3 is 20.5 Å². The lowest BCUT2D eigenvalue weighted by molar-refractivity contribution is -0.124. The number of carbonyl (C=O) groups is 3. The van der Waals surface area contributed by atoms with Gasteiger partial charge in [-0.15, -0.1) is 11.3 Å². The summed E-state index contributed by atoms with van der Waals surface area (Å²) < 4.78 is 0. The highest BCUT2D eigenvalue weighted by molar-refractivity contribution is 7.10. The van der Waals surface area contributed by atoms with Crippen molar-refractivity contribution in [2.45, 2.75) is 19.4 Å². The van der Waals surface area contributed by atoms with E-state index in [0.717, 1.165) is 4.88 Å². The van der Waals surface area contributed by atoms with E-state index >= 15 is 0 Å². The van der Waals surface area contributed by atoms with Gasteiger partial charge in [0.2, 0.25) is 5.43 Å². The highest BCUT2D eigenvalue weighted by Crippen LogP contribution is 2.25. The number of pyridine rings is 1. The summed E-state index contributed by atoms with van der Waals surface area (Å²) >= 11 is 1.54. The number of imide groups is 1. The Morgan fingerprint density at radius 3 is 2.52 bits per heavy atom. The van der Waals surface area contributed by atoms with Crippen LogP contribution in [-0.2, 0) is 9.59 Å². The summed E-state index contributed by atoms with van der Waals surface area (Å²) in [4.78, 5) is 54.5. The second-order valence-corrected chi connectivity index (χ2v) is 7.57. The monoisotopic (exact) mass is 415 g/mol. The van der Waals surface area contributed by atoms with Crippen LogP contribution in [0.4, 0.5) is 5.69 Å². The molecule has 10 heteroatoms. The van der Waals surface area contributed by atoms with Gasteiger partial charge in [0.15, 0.2) is 0 Å². The first-order chi connectivity index (χ1) is 13.8. The second-order valence-electron chi connectivity index (χ2n) is 6.59. The molecule has 0 bridgehead atoms. The zero-order chi connectivity index (χ0) is 21.1. The third kappa shape index (κ3) is 4.06. The molecule has 1 aliphatic heterocycles. The van der Waals surface area contributed by atoms with Crippen LogP contribution in [0.5, 0.6) is 0 Å². The average Bonchev–Trinajstić information content (AvgIpc) is 3.30. The molecule has 0 aliphatic carbocycles. The molecule has 0 radical (unpaired) electrons. The molecule has 4 N–H and O–H groups in total. The Labute approximate surface area is 170 Å². The van der Waals surface area contributed by atoms with Crippen LogP contribution in [0.2, 0.25) is 0 Å². The van der Waals surface area contributed by atoms with E-state index in [1.54, 1.807) is 0 Å². The number of anilines is 1. The van der Waals surface area contributed by atoms with Gasteiger partial charge in [-0.1, -0.05) is 13.0 Å². The number of thiophene rings is 1. The molecule has 152 valence electrons. The van der Waals surface area contributed by atoms with Crippen molar-refractivity contribution in [2.24, 2.45) is 0 Å². The van der Waals surface area contributed by atoms with Gasteiger partial charge in [0.25, 0.3) is 17.7 Å². The Morgan fingerprint density at radius 2 is 1.90 bits per heavy atom. The summed E-state index contributed by atoms with van der Waals surface area (Å²) in [5.74, 6) is -1.70. The van der Waals surface area contributed by atoms with Crippen LogP contribution in [0.15, 0.2) is 46.1 Å². The quantitative estimate of drug-likeness (QED) is 0.503. The highest BCUT2D eigenvalue weighted by Gasteiger charge is 2.33. The minimum atomic E-state index is -0.651. The van der Waals surface area contributed by atoms with Crippen LogP contribution in [0.3, 0.4) is 0 Å². The van der Waals surface area contributed by atoms with Gasteiger partial charge in [-0.25, -0.2) is 0 Å². The molecule has 3 rings (SSSR count). The van der Waals surface area contributed by atoms with Gasteiger partial charge in [-0.3, -0.25) is 24.5 Å². The third-order valence-electron chi connectivity index (χ3n) is 4.39. The maximum Gasteiger partial charge on any atom is 0.276 e. The Balaban J connectivity index is 1.96. The SMILES string of the molecule is CC[C@@H](NC1=C(Nc2c[nH]cc(C(=O)N(C)C)c2=O)C(=O)NC1=O)c1cccs1. The Hall–Kier alpha value is -3.40. The maximum absolute atomic E-state index is 12.7. The van der Waals surface area contributed by atoms with Gasteiger partial charge in [-0.2, -0.15) is 0 Å². The molecular weight excluding hydrogens is 394 g/mol. The van der Waals surface area contributed by atoms with Gasteiger partial charge in [0.05, 0.1) is 6.04 Å². The molecule has 0 saturated carbocycles. The largest absolute Gasteiger partial charge is 0.371 e. The molecule has 0 aromatic carbocycles. The standard InChI is InChI=1S/C19H21N5O4S/c1-4-11(13-6-5-7-29-13)21-14-15(18(27)23-17(14)26)22-12-9-20-8-10(16(12)25)19(28)24(2)3/h5-9,11H,4H2,1-3H3,(H,20,25)(H3,21,22,23,26,27)/t11-/m1/s1. The molecule has 0 fully saturated rings. The van der Waals surface area contributed by atoms with E-state index in [1.165, 1.54) is 42.7 Å². The van der Waals surface area contributed by atoms with Crippen molar-refractivity contribution >= 4 is 34.7 Å². The number of hydrogen-bond donors (Lipinski definition) is 4. The van der Waals surface area contributed by atoms with Crippen molar-refractivity contribution in [1.29, 1.82) is 0 Å². The van der Waals surface area contributed by atoms with Gasteiger partial charge in [0, 0.05) is 31.4 Å². The fraction of sp³-hybridized carbons (Fsp3) is 0.263. The van der Waals surface area contributed by atoms with Crippen molar-refractivity contribution < 1.29 is 14.4 Å². The molecule has 9 nitrogen and oxygen atoms in total. The summed E-state index contributed by atoms with van der Waals surface area (Å²) in [6.07, 6.45) is 3.32. The van der Waals surface area contributed by atoms with E-state index in [4.69, 9.17) is 0 Å². The number of carbonyl (C=O) groups excluding carboxylic acids is 3. The minimum absolute atomic E-state index is 0.0129. The number of rotatable bonds is 7. The summed E-state index contributed by atoms with van der Waals surface area (Å²) in [6.45, 7) is 1.96. The molecule has 3 amide bonds. The van der Waals surface area contributed by atoms with E-state index in [9.17, 15) is 19.2 Å². The molecular formula is C19H21N5O4S. The normalized spacial score (nSPS) is 14.6. The van der Waals surface area contributed by atoms with Crippen LogP contribution in [0.25, 0.3) is 0 Å². The van der Waals surface area contributed by atoms with E-state index in [0.29, 0.717) is 6.42 Å². The zero-order valence-corrected chi connectivity index (χ0v) is 17.0. The summed E-state index contributed by atoms with van der Waals surface area (Å²) in [6, 6.07) is 3.68. The Morgan fingerprint density at radius 1 is 1.17 bits per heavy atom. The topological polar surface area (TPSA) is 123 Å². The fourth-order valence-corrected chi connectivity index (χ4v) is 3.72. The number of nitrogens with zero attached hydrogens (tertiary/aromatic N) is 1. The number of aromatic nitrogens is 1. The summed E-state index contributed by atoms with van der Waals surface area (Å²) in [5, 5.41) is 9.98. The predicted molar refractivity (Wildman–Crippen MR) is 109 cm³/mol. The number of hydrogen-bond acceptors (Lipinski definition) is 7. The van der Waals surface area contributed by atoms with Crippen LogP contribution in [0, 0.1) is 0 Å². The lowest BCUT2D eigenvalue weighted by Crippen LogP contribution is -2.30. The van der Waals surface area contributed by atoms with E-state index < -0.39 is 23.2 Å². The zero-order valence-electron chi connectivity index (χ0n) is 16.2. The Kier molecular flexibility index (Phi) is 5.83. The van der Waals surface area contributed by atoms with Crippen molar-refractivity contribution in [3.05, 3.63) is 62.0 Å². The van der Waals surface area contributed by atoms with E-state index in [2.05, 4.69) is 20.9 Å². The number of aromatic amines is 1. The molecule has 29 heavy (non-hydrogen) atoms. The first-order valence-corrected chi connectivity index (χ1v) is 9.81. The first kappa shape index (κ1) is 20.3. The van der Waals surface area contributed by atoms with Gasteiger partial charge in [0.1, 0.15) is 22.6 Å². The van der Waals surface area contributed by atoms with Crippen LogP contribution >= 0.6 is 11.3 Å². The van der Waals surface area contributed by atoms with Crippen LogP contribution in [0.1, 0.15) is 34.6 Å².